The van der Waals surface area contributed by atoms with E-state index in [0.717, 1.165) is 11.1 Å². The molecule has 0 saturated carbocycles. The van der Waals surface area contributed by atoms with Gasteiger partial charge in [-0.3, -0.25) is 10.1 Å². The Bertz CT molecular complexity index is 561. The van der Waals surface area contributed by atoms with E-state index in [4.69, 9.17) is 11.6 Å². The SMILES string of the molecule is CN(Cc1cccs1)c1nc(Cl)ncc1[N+](=O)[O-]. The zero-order valence-electron chi connectivity index (χ0n) is 9.41. The van der Waals surface area contributed by atoms with Gasteiger partial charge in [0.15, 0.2) is 0 Å². The van der Waals surface area contributed by atoms with Crippen molar-refractivity contribution >= 4 is 34.4 Å². The maximum absolute atomic E-state index is 10.9. The van der Waals surface area contributed by atoms with Crippen LogP contribution < -0.4 is 4.90 Å². The van der Waals surface area contributed by atoms with Crippen molar-refractivity contribution < 1.29 is 4.92 Å². The van der Waals surface area contributed by atoms with Crippen LogP contribution in [0.15, 0.2) is 23.7 Å². The van der Waals surface area contributed by atoms with Crippen molar-refractivity contribution in [3.8, 4) is 0 Å². The molecule has 2 aromatic heterocycles. The van der Waals surface area contributed by atoms with Gasteiger partial charge in [-0.25, -0.2) is 4.98 Å². The normalized spacial score (nSPS) is 10.3. The summed E-state index contributed by atoms with van der Waals surface area (Å²) in [6.07, 6.45) is 1.12. The highest BCUT2D eigenvalue weighted by Crippen LogP contribution is 2.26. The van der Waals surface area contributed by atoms with Crippen LogP contribution in [0, 0.1) is 10.1 Å². The molecule has 0 radical (unpaired) electrons. The number of hydrogen-bond acceptors (Lipinski definition) is 6. The van der Waals surface area contributed by atoms with Crippen LogP contribution in [0.2, 0.25) is 5.28 Å². The zero-order chi connectivity index (χ0) is 13.1. The number of nitrogens with zero attached hydrogens (tertiary/aromatic N) is 4. The molecule has 8 heteroatoms. The van der Waals surface area contributed by atoms with Crippen molar-refractivity contribution in [2.45, 2.75) is 6.54 Å². The number of thiophene rings is 1. The Morgan fingerprint density at radius 2 is 2.39 bits per heavy atom. The number of anilines is 1. The van der Waals surface area contributed by atoms with Crippen molar-refractivity contribution in [2.24, 2.45) is 0 Å². The Balaban J connectivity index is 2.31. The van der Waals surface area contributed by atoms with E-state index in [0.29, 0.717) is 6.54 Å². The van der Waals surface area contributed by atoms with Crippen LogP contribution in [-0.4, -0.2) is 21.9 Å². The van der Waals surface area contributed by atoms with Crippen LogP contribution >= 0.6 is 22.9 Å². The van der Waals surface area contributed by atoms with Gasteiger partial charge in [-0.1, -0.05) is 6.07 Å². The fourth-order valence-electron chi connectivity index (χ4n) is 1.47. The van der Waals surface area contributed by atoms with Gasteiger partial charge in [0.25, 0.3) is 0 Å². The summed E-state index contributed by atoms with van der Waals surface area (Å²) in [5.74, 6) is 0.216. The van der Waals surface area contributed by atoms with Gasteiger partial charge in [0.05, 0.1) is 11.5 Å². The summed E-state index contributed by atoms with van der Waals surface area (Å²) in [5.41, 5.74) is -0.154. The minimum atomic E-state index is -0.517. The van der Waals surface area contributed by atoms with Gasteiger partial charge in [-0.15, -0.1) is 11.3 Å². The summed E-state index contributed by atoms with van der Waals surface area (Å²) in [7, 11) is 1.73. The van der Waals surface area contributed by atoms with Crippen molar-refractivity contribution in [1.82, 2.24) is 9.97 Å². The molecule has 0 spiro atoms. The molecule has 0 N–H and O–H groups in total. The molecule has 0 aliphatic rings. The fourth-order valence-corrected chi connectivity index (χ4v) is 2.35. The van der Waals surface area contributed by atoms with Crippen LogP contribution in [0.25, 0.3) is 0 Å². The molecule has 18 heavy (non-hydrogen) atoms. The van der Waals surface area contributed by atoms with Crippen LogP contribution in [-0.2, 0) is 6.54 Å². The Morgan fingerprint density at radius 3 is 3.00 bits per heavy atom. The molecule has 0 bridgehead atoms. The molecule has 0 aliphatic heterocycles. The first-order chi connectivity index (χ1) is 8.58. The molecular formula is C10H9ClN4O2S. The third kappa shape index (κ3) is 2.74. The van der Waals surface area contributed by atoms with Gasteiger partial charge in [0, 0.05) is 11.9 Å². The number of rotatable bonds is 4. The zero-order valence-corrected chi connectivity index (χ0v) is 11.0. The molecule has 0 aliphatic carbocycles. The van der Waals surface area contributed by atoms with Crippen LogP contribution in [0.4, 0.5) is 11.5 Å². The van der Waals surface area contributed by atoms with Gasteiger partial charge in [0.2, 0.25) is 11.1 Å². The molecule has 0 atom stereocenters. The smallest absolute Gasteiger partial charge is 0.329 e. The molecule has 0 fully saturated rings. The summed E-state index contributed by atoms with van der Waals surface area (Å²) in [6, 6.07) is 3.88. The quantitative estimate of drug-likeness (QED) is 0.490. The molecule has 2 rings (SSSR count). The first-order valence-electron chi connectivity index (χ1n) is 4.98. The van der Waals surface area contributed by atoms with Crippen molar-refractivity contribution in [3.05, 3.63) is 44.0 Å². The predicted molar refractivity (Wildman–Crippen MR) is 70.1 cm³/mol. The maximum atomic E-state index is 10.9. The van der Waals surface area contributed by atoms with Gasteiger partial charge in [0.1, 0.15) is 6.20 Å². The lowest BCUT2D eigenvalue weighted by atomic mass is 10.4. The predicted octanol–water partition coefficient (Wildman–Crippen LogP) is 2.74. The van der Waals surface area contributed by atoms with Crippen LogP contribution in [0.1, 0.15) is 4.88 Å². The Hall–Kier alpha value is -1.73. The van der Waals surface area contributed by atoms with Crippen molar-refractivity contribution in [1.29, 1.82) is 0 Å². The molecule has 0 unspecified atom stereocenters. The summed E-state index contributed by atoms with van der Waals surface area (Å²) < 4.78 is 0. The number of halogens is 1. The Morgan fingerprint density at radius 1 is 1.61 bits per heavy atom. The number of nitro groups is 1. The van der Waals surface area contributed by atoms with Gasteiger partial charge < -0.3 is 4.90 Å². The number of aromatic nitrogens is 2. The maximum Gasteiger partial charge on any atom is 0.329 e. The van der Waals surface area contributed by atoms with Gasteiger partial charge >= 0.3 is 5.69 Å². The topological polar surface area (TPSA) is 72.2 Å². The summed E-state index contributed by atoms with van der Waals surface area (Å²) in [4.78, 5) is 20.7. The molecule has 0 aromatic carbocycles. The molecule has 0 amide bonds. The van der Waals surface area contributed by atoms with E-state index in [9.17, 15) is 10.1 Å². The highest BCUT2D eigenvalue weighted by Gasteiger charge is 2.20. The van der Waals surface area contributed by atoms with Crippen molar-refractivity contribution in [3.63, 3.8) is 0 Å². The highest BCUT2D eigenvalue weighted by molar-refractivity contribution is 7.09. The second kappa shape index (κ2) is 5.28. The summed E-state index contributed by atoms with van der Waals surface area (Å²) in [6.45, 7) is 0.534. The molecule has 94 valence electrons. The standard InChI is InChI=1S/C10H9ClN4O2S/c1-14(6-7-3-2-4-18-7)9-8(15(16)17)5-12-10(11)13-9/h2-5H,6H2,1H3. The first-order valence-corrected chi connectivity index (χ1v) is 6.24. The van der Waals surface area contributed by atoms with E-state index in [2.05, 4.69) is 9.97 Å². The molecular weight excluding hydrogens is 276 g/mol. The summed E-state index contributed by atoms with van der Waals surface area (Å²) in [5, 5.41) is 12.8. The van der Waals surface area contributed by atoms with E-state index < -0.39 is 4.92 Å². The van der Waals surface area contributed by atoms with E-state index in [-0.39, 0.29) is 16.8 Å². The van der Waals surface area contributed by atoms with Crippen molar-refractivity contribution in [2.75, 3.05) is 11.9 Å². The molecule has 0 saturated heterocycles. The second-order valence-corrected chi connectivity index (χ2v) is 4.91. The van der Waals surface area contributed by atoms with Gasteiger partial charge in [-0.05, 0) is 23.0 Å². The average molecular weight is 285 g/mol. The van der Waals surface area contributed by atoms with E-state index in [1.807, 2.05) is 17.5 Å². The van der Waals surface area contributed by atoms with E-state index in [1.54, 1.807) is 23.3 Å². The highest BCUT2D eigenvalue weighted by atomic mass is 35.5. The fraction of sp³-hybridized carbons (Fsp3) is 0.200. The third-order valence-electron chi connectivity index (χ3n) is 2.25. The first kappa shape index (κ1) is 12.7. The lowest BCUT2D eigenvalue weighted by Gasteiger charge is -2.16. The number of hydrogen-bond donors (Lipinski definition) is 0. The minimum Gasteiger partial charge on any atom is -0.349 e. The summed E-state index contributed by atoms with van der Waals surface area (Å²) >= 11 is 7.26. The van der Waals surface area contributed by atoms with Crippen LogP contribution in [0.5, 0.6) is 0 Å². The lowest BCUT2D eigenvalue weighted by Crippen LogP contribution is -2.18. The van der Waals surface area contributed by atoms with E-state index in [1.165, 1.54) is 0 Å². The lowest BCUT2D eigenvalue weighted by molar-refractivity contribution is -0.384. The van der Waals surface area contributed by atoms with Crippen LogP contribution in [0.3, 0.4) is 0 Å². The second-order valence-electron chi connectivity index (χ2n) is 3.54. The minimum absolute atomic E-state index is 0.00590. The Labute approximate surface area is 112 Å². The third-order valence-corrected chi connectivity index (χ3v) is 3.30. The van der Waals surface area contributed by atoms with E-state index >= 15 is 0 Å². The Kier molecular flexibility index (Phi) is 3.73. The largest absolute Gasteiger partial charge is 0.349 e. The molecule has 2 aromatic rings. The average Bonchev–Trinajstić information content (AvgIpc) is 2.81. The van der Waals surface area contributed by atoms with Gasteiger partial charge in [-0.2, -0.15) is 4.98 Å². The molecule has 2 heterocycles. The monoisotopic (exact) mass is 284 g/mol. The molecule has 6 nitrogen and oxygen atoms in total.